The first-order chi connectivity index (χ1) is 14.6. The normalized spacial score (nSPS) is 23.4. The number of rotatable bonds is 5. The summed E-state index contributed by atoms with van der Waals surface area (Å²) in [4.78, 5) is 33.1. The van der Waals surface area contributed by atoms with Gasteiger partial charge in [0.05, 0.1) is 0 Å². The summed E-state index contributed by atoms with van der Waals surface area (Å²) in [5, 5.41) is 0. The minimum atomic E-state index is -0.101. The van der Waals surface area contributed by atoms with E-state index >= 15 is 0 Å². The van der Waals surface area contributed by atoms with E-state index in [0.29, 0.717) is 30.0 Å². The van der Waals surface area contributed by atoms with Gasteiger partial charge in [0.2, 0.25) is 0 Å². The van der Waals surface area contributed by atoms with Crippen LogP contribution in [0.25, 0.3) is 0 Å². The second-order valence-corrected chi connectivity index (χ2v) is 9.56. The fourth-order valence-electron chi connectivity index (χ4n) is 5.97. The number of carbonyl (C=O) groups is 1. The number of piperidine rings is 1. The Balaban J connectivity index is 1.58. The number of aromatic nitrogens is 2. The van der Waals surface area contributed by atoms with Crippen molar-refractivity contribution in [3.8, 4) is 0 Å². The van der Waals surface area contributed by atoms with Crippen molar-refractivity contribution in [1.82, 2.24) is 14.5 Å². The van der Waals surface area contributed by atoms with Gasteiger partial charge < -0.3 is 9.47 Å². The molecule has 1 amide bonds. The minimum Gasteiger partial charge on any atom is -0.343 e. The fraction of sp³-hybridized carbons (Fsp3) is 0.560. The Morgan fingerprint density at radius 3 is 2.70 bits per heavy atom. The maximum Gasteiger partial charge on any atom is 0.259 e. The van der Waals surface area contributed by atoms with Crippen LogP contribution in [-0.4, -0.2) is 32.9 Å². The van der Waals surface area contributed by atoms with E-state index in [-0.39, 0.29) is 11.3 Å². The molecule has 2 aromatic heterocycles. The van der Waals surface area contributed by atoms with E-state index in [0.717, 1.165) is 42.8 Å². The molecule has 2 bridgehead atoms. The van der Waals surface area contributed by atoms with E-state index in [1.807, 2.05) is 24.1 Å². The number of carbonyl (C=O) groups excluding carboxylic acids is 1. The first-order valence-electron chi connectivity index (χ1n) is 11.5. The molecule has 2 saturated carbocycles. The third-order valence-corrected chi connectivity index (χ3v) is 7.53. The van der Waals surface area contributed by atoms with Crippen molar-refractivity contribution in [2.24, 2.45) is 11.8 Å². The van der Waals surface area contributed by atoms with Crippen molar-refractivity contribution in [2.45, 2.75) is 70.9 Å². The molecule has 2 aliphatic carbocycles. The van der Waals surface area contributed by atoms with Gasteiger partial charge in [0, 0.05) is 49.0 Å². The van der Waals surface area contributed by atoms with Crippen LogP contribution in [0.5, 0.6) is 0 Å². The third kappa shape index (κ3) is 3.59. The smallest absolute Gasteiger partial charge is 0.259 e. The number of hydrogen-bond acceptors (Lipinski definition) is 3. The molecule has 0 spiro atoms. The van der Waals surface area contributed by atoms with Gasteiger partial charge in [0.1, 0.15) is 5.56 Å². The van der Waals surface area contributed by atoms with Crippen LogP contribution in [0, 0.1) is 18.8 Å². The van der Waals surface area contributed by atoms with Gasteiger partial charge >= 0.3 is 0 Å². The largest absolute Gasteiger partial charge is 0.343 e. The molecule has 158 valence electrons. The van der Waals surface area contributed by atoms with Crippen molar-refractivity contribution >= 4 is 5.91 Å². The summed E-state index contributed by atoms with van der Waals surface area (Å²) in [6.45, 7) is 3.46. The molecule has 1 saturated heterocycles. The molecule has 0 aromatic carbocycles. The molecule has 2 aromatic rings. The number of fused-ring (bicyclic) bond motifs is 2. The van der Waals surface area contributed by atoms with Crippen LogP contribution < -0.4 is 5.43 Å². The van der Waals surface area contributed by atoms with E-state index in [9.17, 15) is 9.59 Å². The lowest BCUT2D eigenvalue weighted by Crippen LogP contribution is -2.41. The summed E-state index contributed by atoms with van der Waals surface area (Å²) < 4.78 is 2.21. The van der Waals surface area contributed by atoms with Crippen molar-refractivity contribution < 1.29 is 4.79 Å². The van der Waals surface area contributed by atoms with E-state index in [4.69, 9.17) is 0 Å². The maximum atomic E-state index is 13.7. The van der Waals surface area contributed by atoms with Crippen LogP contribution in [0.3, 0.4) is 0 Å². The lowest BCUT2D eigenvalue weighted by Gasteiger charge is -2.29. The third-order valence-electron chi connectivity index (χ3n) is 7.53. The molecule has 3 aliphatic rings. The van der Waals surface area contributed by atoms with Crippen molar-refractivity contribution in [1.29, 1.82) is 0 Å². The number of nitrogens with zero attached hydrogens (tertiary/aromatic N) is 3. The number of likely N-dealkylation sites (tertiary alicyclic amines) is 1. The average Bonchev–Trinajstić information content (AvgIpc) is 3.50. The molecule has 30 heavy (non-hydrogen) atoms. The van der Waals surface area contributed by atoms with Crippen LogP contribution in [0.15, 0.2) is 35.4 Å². The molecule has 5 rings (SSSR count). The van der Waals surface area contributed by atoms with E-state index < -0.39 is 0 Å². The molecule has 3 fully saturated rings. The number of hydrogen-bond donors (Lipinski definition) is 0. The monoisotopic (exact) mass is 405 g/mol. The molecule has 3 heterocycles. The van der Waals surface area contributed by atoms with Crippen LogP contribution in [0.4, 0.5) is 0 Å². The minimum absolute atomic E-state index is 0.0277. The molecule has 1 aliphatic heterocycles. The predicted octanol–water partition coefficient (Wildman–Crippen LogP) is 3.96. The van der Waals surface area contributed by atoms with Crippen LogP contribution >= 0.6 is 0 Å². The number of amides is 1. The highest BCUT2D eigenvalue weighted by atomic mass is 16.2. The van der Waals surface area contributed by atoms with Gasteiger partial charge in [-0.1, -0.05) is 31.7 Å². The van der Waals surface area contributed by atoms with Crippen LogP contribution in [0.2, 0.25) is 0 Å². The van der Waals surface area contributed by atoms with Gasteiger partial charge in [-0.15, -0.1) is 0 Å². The van der Waals surface area contributed by atoms with Gasteiger partial charge in [-0.2, -0.15) is 0 Å². The molecular formula is C25H31N3O2. The van der Waals surface area contributed by atoms with Crippen molar-refractivity contribution in [3.63, 3.8) is 0 Å². The number of aryl methyl sites for hydroxylation is 1. The quantitative estimate of drug-likeness (QED) is 0.757. The molecule has 5 nitrogen and oxygen atoms in total. The Morgan fingerprint density at radius 1 is 1.20 bits per heavy atom. The second-order valence-electron chi connectivity index (χ2n) is 9.56. The summed E-state index contributed by atoms with van der Waals surface area (Å²) in [7, 11) is 0. The Morgan fingerprint density at radius 2 is 2.03 bits per heavy atom. The van der Waals surface area contributed by atoms with Gasteiger partial charge in [-0.25, -0.2) is 0 Å². The number of pyridine rings is 2. The fourth-order valence-corrected chi connectivity index (χ4v) is 5.97. The highest BCUT2D eigenvalue weighted by Gasteiger charge is 2.41. The van der Waals surface area contributed by atoms with E-state index in [1.165, 1.54) is 32.1 Å². The first kappa shape index (κ1) is 19.5. The standard InChI is InChI=1S/C25H31N3O2/c1-17-11-23(29)24(25(30)28-15-19-8-9-21(28)12-19)22(13-18-5-2-3-6-18)27(17)16-20-7-4-10-26-14-20/h4,7,10-11,14,18-19,21H,2-3,5-6,8-9,12-13,15-16H2,1H3/t19-,21+/m0/s1. The highest BCUT2D eigenvalue weighted by molar-refractivity contribution is 5.95. The molecule has 0 radical (unpaired) electrons. The lowest BCUT2D eigenvalue weighted by atomic mass is 9.96. The maximum absolute atomic E-state index is 13.7. The molecular weight excluding hydrogens is 374 g/mol. The van der Waals surface area contributed by atoms with Crippen molar-refractivity contribution in [2.75, 3.05) is 6.54 Å². The summed E-state index contributed by atoms with van der Waals surface area (Å²) in [6.07, 6.45) is 12.8. The summed E-state index contributed by atoms with van der Waals surface area (Å²) in [5.41, 5.74) is 3.30. The first-order valence-corrected chi connectivity index (χ1v) is 11.5. The van der Waals surface area contributed by atoms with Crippen LogP contribution in [-0.2, 0) is 13.0 Å². The van der Waals surface area contributed by atoms with Gasteiger partial charge in [0.15, 0.2) is 5.43 Å². The lowest BCUT2D eigenvalue weighted by molar-refractivity contribution is 0.0699. The topological polar surface area (TPSA) is 55.2 Å². The van der Waals surface area contributed by atoms with Gasteiger partial charge in [-0.05, 0) is 56.1 Å². The highest BCUT2D eigenvalue weighted by Crippen LogP contribution is 2.38. The average molecular weight is 406 g/mol. The SMILES string of the molecule is Cc1cc(=O)c(C(=O)N2C[C@H]3CC[C@@H]2C3)c(CC2CCCC2)n1Cc1cccnc1. The van der Waals surface area contributed by atoms with Crippen LogP contribution in [0.1, 0.15) is 72.3 Å². The molecule has 0 unspecified atom stereocenters. The Labute approximate surface area is 178 Å². The van der Waals surface area contributed by atoms with Crippen molar-refractivity contribution in [3.05, 3.63) is 63.3 Å². The zero-order valence-electron chi connectivity index (χ0n) is 17.8. The Hall–Kier alpha value is -2.43. The molecule has 5 heteroatoms. The molecule has 2 atom stereocenters. The van der Waals surface area contributed by atoms with Gasteiger partial charge in [0.25, 0.3) is 5.91 Å². The Kier molecular flexibility index (Phi) is 5.21. The van der Waals surface area contributed by atoms with Gasteiger partial charge in [-0.3, -0.25) is 14.6 Å². The zero-order valence-corrected chi connectivity index (χ0v) is 17.8. The predicted molar refractivity (Wildman–Crippen MR) is 117 cm³/mol. The molecule has 0 N–H and O–H groups in total. The second kappa shape index (κ2) is 8.01. The van der Waals surface area contributed by atoms with E-state index in [2.05, 4.69) is 15.6 Å². The zero-order chi connectivity index (χ0) is 20.7. The summed E-state index contributed by atoms with van der Waals surface area (Å²) >= 11 is 0. The van der Waals surface area contributed by atoms with E-state index in [1.54, 1.807) is 12.3 Å². The summed E-state index contributed by atoms with van der Waals surface area (Å²) in [5.74, 6) is 1.16. The Bertz CT molecular complexity index is 991. The summed E-state index contributed by atoms with van der Waals surface area (Å²) in [6, 6.07) is 5.99.